The zero-order valence-electron chi connectivity index (χ0n) is 22.3. The number of amides is 1. The Morgan fingerprint density at radius 2 is 1.27 bits per heavy atom. The van der Waals surface area contributed by atoms with Crippen molar-refractivity contribution in [3.05, 3.63) is 120 Å². The number of esters is 1. The van der Waals surface area contributed by atoms with Gasteiger partial charge in [0.15, 0.2) is 0 Å². The maximum Gasteiger partial charge on any atom is 0.416 e. The summed E-state index contributed by atoms with van der Waals surface area (Å²) in [6.45, 7) is 0.472. The molecule has 9 heteroatoms. The summed E-state index contributed by atoms with van der Waals surface area (Å²) in [5.41, 5.74) is 9.46. The molecule has 41 heavy (non-hydrogen) atoms. The van der Waals surface area contributed by atoms with Gasteiger partial charge in [-0.25, -0.2) is 0 Å². The van der Waals surface area contributed by atoms with E-state index < -0.39 is 23.6 Å². The number of hydrogen-bond donors (Lipinski definition) is 1. The molecule has 0 fully saturated rings. The number of hydrogen-bond acceptors (Lipinski definition) is 4. The minimum atomic E-state index is -4.41. The predicted octanol–water partition coefficient (Wildman–Crippen LogP) is 6.82. The largest absolute Gasteiger partial charge is 0.468 e. The van der Waals surface area contributed by atoms with E-state index in [1.807, 2.05) is 54.6 Å². The molecule has 0 saturated heterocycles. The second kappa shape index (κ2) is 14.0. The van der Waals surface area contributed by atoms with Crippen LogP contribution < -0.4 is 5.73 Å². The first-order valence-corrected chi connectivity index (χ1v) is 12.7. The maximum atomic E-state index is 13.4. The molecule has 0 radical (unpaired) electrons. The maximum absolute atomic E-state index is 13.4. The lowest BCUT2D eigenvalue weighted by molar-refractivity contribution is -0.142. The summed E-state index contributed by atoms with van der Waals surface area (Å²) in [5.74, 6) is -1.52. The SMILES string of the molecule is COC(=O)C(CN(CCN)C(=O)c1ccc(-c2ccc(C(F)(F)F)cc2)cc1)c1ccc(-c2ccccc2)cc1.Cl. The van der Waals surface area contributed by atoms with Crippen molar-refractivity contribution in [3.8, 4) is 22.3 Å². The number of rotatable bonds is 9. The first-order chi connectivity index (χ1) is 19.2. The van der Waals surface area contributed by atoms with Crippen LogP contribution in [0, 0.1) is 0 Å². The highest BCUT2D eigenvalue weighted by molar-refractivity contribution is 5.95. The van der Waals surface area contributed by atoms with Gasteiger partial charge in [-0.2, -0.15) is 13.2 Å². The molecule has 0 heterocycles. The van der Waals surface area contributed by atoms with E-state index in [1.165, 1.54) is 24.1 Å². The van der Waals surface area contributed by atoms with Gasteiger partial charge in [0.2, 0.25) is 0 Å². The van der Waals surface area contributed by atoms with Crippen LogP contribution in [0.3, 0.4) is 0 Å². The van der Waals surface area contributed by atoms with Crippen molar-refractivity contribution in [1.82, 2.24) is 4.90 Å². The zero-order chi connectivity index (χ0) is 28.7. The number of carbonyl (C=O) groups excluding carboxylic acids is 2. The van der Waals surface area contributed by atoms with Gasteiger partial charge in [0.05, 0.1) is 18.6 Å². The molecule has 0 spiro atoms. The van der Waals surface area contributed by atoms with Gasteiger partial charge in [0, 0.05) is 25.2 Å². The predicted molar refractivity (Wildman–Crippen MR) is 156 cm³/mol. The minimum absolute atomic E-state index is 0. The van der Waals surface area contributed by atoms with Crippen molar-refractivity contribution >= 4 is 24.3 Å². The number of halogens is 4. The third-order valence-electron chi connectivity index (χ3n) is 6.67. The van der Waals surface area contributed by atoms with Crippen LogP contribution in [0.25, 0.3) is 22.3 Å². The molecule has 214 valence electrons. The van der Waals surface area contributed by atoms with Gasteiger partial charge < -0.3 is 15.4 Å². The number of ether oxygens (including phenoxy) is 1. The molecule has 0 aliphatic carbocycles. The van der Waals surface area contributed by atoms with Crippen LogP contribution in [0.1, 0.15) is 27.4 Å². The van der Waals surface area contributed by atoms with E-state index in [9.17, 15) is 22.8 Å². The Kier molecular flexibility index (Phi) is 10.7. The van der Waals surface area contributed by atoms with Crippen LogP contribution in [0.5, 0.6) is 0 Å². The van der Waals surface area contributed by atoms with Crippen molar-refractivity contribution in [3.63, 3.8) is 0 Å². The molecule has 4 aromatic carbocycles. The molecule has 0 aliphatic rings. The van der Waals surface area contributed by atoms with Gasteiger partial charge in [-0.15, -0.1) is 12.4 Å². The molecule has 1 atom stereocenters. The van der Waals surface area contributed by atoms with Gasteiger partial charge in [0.1, 0.15) is 0 Å². The van der Waals surface area contributed by atoms with Gasteiger partial charge in [-0.05, 0) is 52.1 Å². The van der Waals surface area contributed by atoms with E-state index in [-0.39, 0.29) is 37.9 Å². The second-order valence-electron chi connectivity index (χ2n) is 9.26. The van der Waals surface area contributed by atoms with E-state index in [4.69, 9.17) is 10.5 Å². The van der Waals surface area contributed by atoms with Crippen LogP contribution in [0.4, 0.5) is 13.2 Å². The van der Waals surface area contributed by atoms with Crippen LogP contribution in [0.15, 0.2) is 103 Å². The summed E-state index contributed by atoms with van der Waals surface area (Å²) in [6, 6.07) is 28.8. The average Bonchev–Trinajstić information content (AvgIpc) is 2.99. The summed E-state index contributed by atoms with van der Waals surface area (Å²) in [5, 5.41) is 0. The Bertz CT molecular complexity index is 1430. The van der Waals surface area contributed by atoms with Gasteiger partial charge in [-0.3, -0.25) is 9.59 Å². The third-order valence-corrected chi connectivity index (χ3v) is 6.67. The Balaban J connectivity index is 0.00000462. The first kappa shape index (κ1) is 31.4. The normalized spacial score (nSPS) is 11.7. The highest BCUT2D eigenvalue weighted by Gasteiger charge is 2.30. The van der Waals surface area contributed by atoms with E-state index in [2.05, 4.69) is 0 Å². The van der Waals surface area contributed by atoms with Crippen LogP contribution >= 0.6 is 12.4 Å². The molecule has 4 aromatic rings. The third kappa shape index (κ3) is 7.74. The number of carbonyl (C=O) groups is 2. The summed E-state index contributed by atoms with van der Waals surface area (Å²) >= 11 is 0. The zero-order valence-corrected chi connectivity index (χ0v) is 23.1. The fourth-order valence-electron chi connectivity index (χ4n) is 4.49. The van der Waals surface area contributed by atoms with E-state index in [0.717, 1.165) is 23.3 Å². The molecule has 4 rings (SSSR count). The number of benzene rings is 4. The van der Waals surface area contributed by atoms with E-state index in [0.29, 0.717) is 22.3 Å². The Morgan fingerprint density at radius 1 is 0.780 bits per heavy atom. The molecular weight excluding hydrogens is 553 g/mol. The minimum Gasteiger partial charge on any atom is -0.468 e. The topological polar surface area (TPSA) is 72.6 Å². The molecule has 1 unspecified atom stereocenters. The van der Waals surface area contributed by atoms with Crippen molar-refractivity contribution in [2.75, 3.05) is 26.7 Å². The lowest BCUT2D eigenvalue weighted by atomic mass is 9.95. The van der Waals surface area contributed by atoms with Crippen LogP contribution in [-0.2, 0) is 15.7 Å². The number of nitrogens with zero attached hydrogens (tertiary/aromatic N) is 1. The summed E-state index contributed by atoms with van der Waals surface area (Å²) < 4.78 is 43.7. The molecule has 2 N–H and O–H groups in total. The summed E-state index contributed by atoms with van der Waals surface area (Å²) in [7, 11) is 1.31. The molecular formula is C32H30ClF3N2O3. The van der Waals surface area contributed by atoms with Crippen LogP contribution in [0.2, 0.25) is 0 Å². The quantitative estimate of drug-likeness (QED) is 0.220. The number of methoxy groups -OCH3 is 1. The monoisotopic (exact) mass is 582 g/mol. The lowest BCUT2D eigenvalue weighted by Crippen LogP contribution is -2.40. The fourth-order valence-corrected chi connectivity index (χ4v) is 4.49. The standard InChI is InChI=1S/C32H29F3N2O3.ClH/c1-40-31(39)29(26-11-7-23(8-12-26)22-5-3-2-4-6-22)21-37(20-19-36)30(38)27-13-9-24(10-14-27)25-15-17-28(18-16-25)32(33,34)35;/h2-18,29H,19-21,36H2,1H3;1H. The van der Waals surface area contributed by atoms with E-state index in [1.54, 1.807) is 24.3 Å². The number of alkyl halides is 3. The highest BCUT2D eigenvalue weighted by atomic mass is 35.5. The number of nitrogens with two attached hydrogens (primary N) is 1. The van der Waals surface area contributed by atoms with Gasteiger partial charge in [0.25, 0.3) is 5.91 Å². The average molecular weight is 583 g/mol. The van der Waals surface area contributed by atoms with Gasteiger partial charge >= 0.3 is 12.1 Å². The highest BCUT2D eigenvalue weighted by Crippen LogP contribution is 2.31. The first-order valence-electron chi connectivity index (χ1n) is 12.7. The summed E-state index contributed by atoms with van der Waals surface area (Å²) in [6.07, 6.45) is -4.41. The molecule has 0 aromatic heterocycles. The van der Waals surface area contributed by atoms with Crippen LogP contribution in [-0.4, -0.2) is 43.5 Å². The van der Waals surface area contributed by atoms with Crippen molar-refractivity contribution in [1.29, 1.82) is 0 Å². The van der Waals surface area contributed by atoms with Crippen molar-refractivity contribution in [2.24, 2.45) is 5.73 Å². The molecule has 0 aliphatic heterocycles. The van der Waals surface area contributed by atoms with Gasteiger partial charge in [-0.1, -0.05) is 78.9 Å². The second-order valence-corrected chi connectivity index (χ2v) is 9.26. The lowest BCUT2D eigenvalue weighted by Gasteiger charge is -2.27. The molecule has 0 saturated carbocycles. The Hall–Kier alpha value is -4.14. The smallest absolute Gasteiger partial charge is 0.416 e. The fraction of sp³-hybridized carbons (Fsp3) is 0.188. The Labute approximate surface area is 243 Å². The molecule has 1 amide bonds. The summed E-state index contributed by atoms with van der Waals surface area (Å²) in [4.78, 5) is 27.8. The molecule has 5 nitrogen and oxygen atoms in total. The van der Waals surface area contributed by atoms with Crippen molar-refractivity contribution < 1.29 is 27.5 Å². The molecule has 0 bridgehead atoms. The Morgan fingerprint density at radius 3 is 1.76 bits per heavy atom. The van der Waals surface area contributed by atoms with E-state index >= 15 is 0 Å². The van der Waals surface area contributed by atoms with Crippen molar-refractivity contribution in [2.45, 2.75) is 12.1 Å².